The van der Waals surface area contributed by atoms with Crippen LogP contribution in [0.1, 0.15) is 24.0 Å². The van der Waals surface area contributed by atoms with Gasteiger partial charge in [0.2, 0.25) is 12.7 Å². The number of fused-ring (bicyclic) bond motifs is 1. The Morgan fingerprint density at radius 3 is 2.59 bits per heavy atom. The Labute approximate surface area is 167 Å². The summed E-state index contributed by atoms with van der Waals surface area (Å²) in [4.78, 5) is 25.5. The minimum Gasteiger partial charge on any atom is -0.454 e. The number of nitrogens with zero attached hydrogens (tertiary/aromatic N) is 2. The lowest BCUT2D eigenvalue weighted by Crippen LogP contribution is -2.18. The molecule has 1 saturated heterocycles. The van der Waals surface area contributed by atoms with Crippen molar-refractivity contribution in [3.63, 3.8) is 0 Å². The minimum absolute atomic E-state index is 0.0207. The van der Waals surface area contributed by atoms with Crippen LogP contribution in [0.5, 0.6) is 11.5 Å². The highest BCUT2D eigenvalue weighted by Gasteiger charge is 2.22. The molecule has 2 aromatic rings. The van der Waals surface area contributed by atoms with E-state index in [9.17, 15) is 14.9 Å². The third kappa shape index (κ3) is 4.01. The smallest absolute Gasteiger partial charge is 0.280 e. The predicted molar refractivity (Wildman–Crippen MR) is 110 cm³/mol. The summed E-state index contributed by atoms with van der Waals surface area (Å²) < 4.78 is 10.4. The predicted octanol–water partition coefficient (Wildman–Crippen LogP) is 3.88. The topological polar surface area (TPSA) is 93.9 Å². The van der Waals surface area contributed by atoms with Crippen LogP contribution in [0.2, 0.25) is 0 Å². The molecule has 0 atom stereocenters. The maximum absolute atomic E-state index is 12.4. The largest absolute Gasteiger partial charge is 0.454 e. The molecule has 0 radical (unpaired) electrons. The third-order valence-corrected chi connectivity index (χ3v) is 5.07. The molecule has 2 heterocycles. The Hall–Kier alpha value is -3.55. The van der Waals surface area contributed by atoms with Gasteiger partial charge in [-0.05, 0) is 55.7 Å². The lowest BCUT2D eigenvalue weighted by molar-refractivity contribution is -0.385. The van der Waals surface area contributed by atoms with Gasteiger partial charge in [-0.2, -0.15) is 0 Å². The standard InChI is InChI=1S/C21H21N3O5/c1-14-10-16(23-8-2-3-9-23)5-6-17(14)22-21(25)7-4-15-11-19-20(29-13-28-19)12-18(15)24(26)27/h4-7,10-12H,2-3,8-9,13H2,1H3,(H,22,25)/b7-4+. The maximum Gasteiger partial charge on any atom is 0.280 e. The summed E-state index contributed by atoms with van der Waals surface area (Å²) in [5.41, 5.74) is 2.96. The van der Waals surface area contributed by atoms with E-state index in [-0.39, 0.29) is 24.0 Å². The fraction of sp³-hybridized carbons (Fsp3) is 0.286. The van der Waals surface area contributed by atoms with Gasteiger partial charge in [0.25, 0.3) is 5.69 Å². The first-order valence-electron chi connectivity index (χ1n) is 9.44. The lowest BCUT2D eigenvalue weighted by atomic mass is 10.1. The van der Waals surface area contributed by atoms with Gasteiger partial charge in [-0.25, -0.2) is 0 Å². The molecule has 2 aliphatic rings. The zero-order chi connectivity index (χ0) is 20.4. The van der Waals surface area contributed by atoms with Crippen LogP contribution < -0.4 is 19.7 Å². The lowest BCUT2D eigenvalue weighted by Gasteiger charge is -2.19. The molecule has 2 aliphatic heterocycles. The number of carbonyl (C=O) groups is 1. The second kappa shape index (κ2) is 7.83. The van der Waals surface area contributed by atoms with Gasteiger partial charge in [-0.3, -0.25) is 14.9 Å². The molecular weight excluding hydrogens is 374 g/mol. The van der Waals surface area contributed by atoms with Crippen molar-refractivity contribution in [2.45, 2.75) is 19.8 Å². The van der Waals surface area contributed by atoms with Crippen molar-refractivity contribution in [3.8, 4) is 11.5 Å². The van der Waals surface area contributed by atoms with Crippen LogP contribution in [0.4, 0.5) is 17.1 Å². The molecule has 0 saturated carbocycles. The van der Waals surface area contributed by atoms with Gasteiger partial charge in [0.15, 0.2) is 11.5 Å². The van der Waals surface area contributed by atoms with Crippen LogP contribution >= 0.6 is 0 Å². The highest BCUT2D eigenvalue weighted by atomic mass is 16.7. The zero-order valence-corrected chi connectivity index (χ0v) is 16.0. The van der Waals surface area contributed by atoms with Crippen molar-refractivity contribution in [1.82, 2.24) is 0 Å². The average molecular weight is 395 g/mol. The number of nitrogens with one attached hydrogen (secondary N) is 1. The fourth-order valence-corrected chi connectivity index (χ4v) is 3.54. The van der Waals surface area contributed by atoms with Crippen molar-refractivity contribution >= 4 is 29.0 Å². The molecule has 1 amide bonds. The van der Waals surface area contributed by atoms with Crippen molar-refractivity contribution in [3.05, 3.63) is 57.6 Å². The van der Waals surface area contributed by atoms with E-state index in [1.807, 2.05) is 19.1 Å². The van der Waals surface area contributed by atoms with Crippen LogP contribution in [-0.4, -0.2) is 30.7 Å². The van der Waals surface area contributed by atoms with Gasteiger partial charge < -0.3 is 19.7 Å². The van der Waals surface area contributed by atoms with Gasteiger partial charge >= 0.3 is 0 Å². The van der Waals surface area contributed by atoms with E-state index < -0.39 is 4.92 Å². The Balaban J connectivity index is 1.49. The summed E-state index contributed by atoms with van der Waals surface area (Å²) in [6, 6.07) is 8.76. The summed E-state index contributed by atoms with van der Waals surface area (Å²) in [5, 5.41) is 14.1. The first-order chi connectivity index (χ1) is 14.0. The van der Waals surface area contributed by atoms with Crippen molar-refractivity contribution in [1.29, 1.82) is 0 Å². The van der Waals surface area contributed by atoms with E-state index in [0.29, 0.717) is 17.2 Å². The number of rotatable bonds is 5. The molecule has 1 N–H and O–H groups in total. The van der Waals surface area contributed by atoms with Gasteiger partial charge in [0.1, 0.15) is 0 Å². The van der Waals surface area contributed by atoms with E-state index in [4.69, 9.17) is 9.47 Å². The molecule has 4 rings (SSSR count). The van der Waals surface area contributed by atoms with E-state index in [2.05, 4.69) is 16.3 Å². The van der Waals surface area contributed by atoms with Crippen molar-refractivity contribution in [2.24, 2.45) is 0 Å². The minimum atomic E-state index is -0.513. The molecular formula is C21H21N3O5. The molecule has 8 heteroatoms. The average Bonchev–Trinajstić information content (AvgIpc) is 3.38. The number of carbonyl (C=O) groups excluding carboxylic acids is 1. The Morgan fingerprint density at radius 2 is 1.90 bits per heavy atom. The van der Waals surface area contributed by atoms with E-state index in [1.54, 1.807) is 0 Å². The highest BCUT2D eigenvalue weighted by molar-refractivity contribution is 6.02. The summed E-state index contributed by atoms with van der Waals surface area (Å²) in [7, 11) is 0. The molecule has 0 spiro atoms. The SMILES string of the molecule is Cc1cc(N2CCCC2)ccc1NC(=O)/C=C/c1cc2c(cc1[N+](=O)[O-])OCO2. The highest BCUT2D eigenvalue weighted by Crippen LogP contribution is 2.38. The number of ether oxygens (including phenoxy) is 2. The second-order valence-electron chi connectivity index (χ2n) is 7.04. The molecule has 150 valence electrons. The van der Waals surface area contributed by atoms with Crippen LogP contribution in [0.15, 0.2) is 36.4 Å². The molecule has 29 heavy (non-hydrogen) atoms. The van der Waals surface area contributed by atoms with Gasteiger partial charge in [0, 0.05) is 30.5 Å². The van der Waals surface area contributed by atoms with Crippen molar-refractivity contribution < 1.29 is 19.2 Å². The van der Waals surface area contributed by atoms with Crippen LogP contribution in [0.3, 0.4) is 0 Å². The summed E-state index contributed by atoms with van der Waals surface area (Å²) in [6.45, 7) is 4.08. The van der Waals surface area contributed by atoms with E-state index in [1.165, 1.54) is 37.1 Å². The second-order valence-corrected chi connectivity index (χ2v) is 7.04. The zero-order valence-electron chi connectivity index (χ0n) is 16.0. The number of hydrogen-bond donors (Lipinski definition) is 1. The summed E-state index contributed by atoms with van der Waals surface area (Å²) in [6.07, 6.45) is 5.09. The number of aryl methyl sites for hydroxylation is 1. The number of nitro groups is 1. The Bertz CT molecular complexity index is 996. The molecule has 0 bridgehead atoms. The summed E-state index contributed by atoms with van der Waals surface area (Å²) in [5.74, 6) is 0.380. The van der Waals surface area contributed by atoms with Gasteiger partial charge in [-0.15, -0.1) is 0 Å². The Morgan fingerprint density at radius 1 is 1.17 bits per heavy atom. The number of hydrogen-bond acceptors (Lipinski definition) is 6. The fourth-order valence-electron chi connectivity index (χ4n) is 3.54. The van der Waals surface area contributed by atoms with E-state index >= 15 is 0 Å². The monoisotopic (exact) mass is 395 g/mol. The normalized spacial score (nSPS) is 15.1. The van der Waals surface area contributed by atoms with Crippen molar-refractivity contribution in [2.75, 3.05) is 30.1 Å². The number of nitro benzene ring substituents is 1. The third-order valence-electron chi connectivity index (χ3n) is 5.07. The number of benzene rings is 2. The molecule has 0 aliphatic carbocycles. The first-order valence-corrected chi connectivity index (χ1v) is 9.44. The van der Waals surface area contributed by atoms with Crippen LogP contribution in [-0.2, 0) is 4.79 Å². The molecule has 2 aromatic carbocycles. The molecule has 1 fully saturated rings. The summed E-state index contributed by atoms with van der Waals surface area (Å²) >= 11 is 0. The van der Waals surface area contributed by atoms with Crippen LogP contribution in [0, 0.1) is 17.0 Å². The quantitative estimate of drug-likeness (QED) is 0.469. The number of anilines is 2. The molecule has 0 unspecified atom stereocenters. The van der Waals surface area contributed by atoms with Gasteiger partial charge in [0.05, 0.1) is 16.6 Å². The van der Waals surface area contributed by atoms with Crippen LogP contribution in [0.25, 0.3) is 6.08 Å². The first kappa shape index (κ1) is 18.8. The van der Waals surface area contributed by atoms with Gasteiger partial charge in [-0.1, -0.05) is 0 Å². The molecule has 8 nitrogen and oxygen atoms in total. The maximum atomic E-state index is 12.4. The Kier molecular flexibility index (Phi) is 5.07. The molecule has 0 aromatic heterocycles. The number of amides is 1. The van der Waals surface area contributed by atoms with E-state index in [0.717, 1.165) is 24.3 Å².